The van der Waals surface area contributed by atoms with Crippen molar-refractivity contribution in [1.82, 2.24) is 20.5 Å². The number of sulfone groups is 1. The number of carbonyl (C=O) groups is 1. The summed E-state index contributed by atoms with van der Waals surface area (Å²) in [5, 5.41) is 16.9. The predicted octanol–water partition coefficient (Wildman–Crippen LogP) is 1.79. The van der Waals surface area contributed by atoms with Crippen molar-refractivity contribution in [3.63, 3.8) is 0 Å². The van der Waals surface area contributed by atoms with Gasteiger partial charge in [0.2, 0.25) is 9.84 Å². The molecule has 8 nitrogen and oxygen atoms in total. The van der Waals surface area contributed by atoms with Crippen LogP contribution in [0.25, 0.3) is 10.9 Å². The van der Waals surface area contributed by atoms with Crippen LogP contribution in [0.5, 0.6) is 0 Å². The number of piperidine rings is 2. The van der Waals surface area contributed by atoms with Gasteiger partial charge in [0.25, 0.3) is 0 Å². The van der Waals surface area contributed by atoms with Crippen molar-refractivity contribution in [1.29, 1.82) is 0 Å². The van der Waals surface area contributed by atoms with E-state index in [2.05, 4.69) is 15.6 Å². The number of aliphatic hydroxyl groups excluding tert-OH is 1. The number of pyridine rings is 1. The van der Waals surface area contributed by atoms with Crippen LogP contribution in [0, 0.1) is 0 Å². The first-order valence-corrected chi connectivity index (χ1v) is 12.5. The van der Waals surface area contributed by atoms with Gasteiger partial charge in [0.05, 0.1) is 16.5 Å². The molecule has 4 heterocycles. The molecular formula is C22H28N4O4S. The van der Waals surface area contributed by atoms with Gasteiger partial charge in [-0.1, -0.05) is 18.2 Å². The van der Waals surface area contributed by atoms with Crippen molar-refractivity contribution in [2.75, 3.05) is 13.1 Å². The van der Waals surface area contributed by atoms with E-state index < -0.39 is 20.8 Å². The minimum atomic E-state index is -3.94. The molecule has 0 spiro atoms. The summed E-state index contributed by atoms with van der Waals surface area (Å²) in [6.07, 6.45) is 4.97. The molecule has 2 unspecified atom stereocenters. The van der Waals surface area contributed by atoms with Gasteiger partial charge in [-0.05, 0) is 57.2 Å². The molecule has 2 aromatic rings. The first-order chi connectivity index (χ1) is 14.9. The van der Waals surface area contributed by atoms with Crippen molar-refractivity contribution < 1.29 is 18.3 Å². The Bertz CT molecular complexity index is 1080. The van der Waals surface area contributed by atoms with Gasteiger partial charge in [0.15, 0.2) is 4.87 Å². The first kappa shape index (κ1) is 20.7. The second-order valence-electron chi connectivity index (χ2n) is 8.96. The molecule has 1 aromatic carbocycles. The SMILES string of the molecule is O=C(N[C@]1(S(=O)(=O)c2cccc3cccnc23)CCCNC1)N1C2CCC1CC(O)C2. The predicted molar refractivity (Wildman–Crippen MR) is 116 cm³/mol. The van der Waals surface area contributed by atoms with E-state index in [-0.39, 0.29) is 29.6 Å². The number of nitrogens with zero attached hydrogens (tertiary/aromatic N) is 2. The molecular weight excluding hydrogens is 416 g/mol. The topological polar surface area (TPSA) is 112 Å². The van der Waals surface area contributed by atoms with Gasteiger partial charge in [-0.25, -0.2) is 13.2 Å². The third-order valence-corrected chi connectivity index (χ3v) is 9.41. The van der Waals surface area contributed by atoms with Gasteiger partial charge < -0.3 is 20.6 Å². The number of aliphatic hydroxyl groups is 1. The van der Waals surface area contributed by atoms with E-state index in [4.69, 9.17) is 0 Å². The van der Waals surface area contributed by atoms with Gasteiger partial charge in [-0.15, -0.1) is 0 Å². The highest BCUT2D eigenvalue weighted by atomic mass is 32.2. The average molecular weight is 445 g/mol. The smallest absolute Gasteiger partial charge is 0.319 e. The lowest BCUT2D eigenvalue weighted by Gasteiger charge is -2.42. The molecule has 0 saturated carbocycles. The standard InChI is InChI=1S/C22H28N4O4S/c27-18-12-16-7-8-17(13-18)26(16)21(28)25-22(9-3-10-23-14-22)31(29,30)19-6-1-4-15-5-2-11-24-20(15)19/h1-2,4-6,11,16-18,23,27H,3,7-10,12-14H2,(H,25,28)/t16?,17?,18?,22-/m0/s1. The maximum atomic E-state index is 14.0. The molecule has 0 radical (unpaired) electrons. The summed E-state index contributed by atoms with van der Waals surface area (Å²) in [6.45, 7) is 0.859. The van der Waals surface area contributed by atoms with Gasteiger partial charge >= 0.3 is 6.03 Å². The Labute approximate surface area is 182 Å². The summed E-state index contributed by atoms with van der Waals surface area (Å²) in [7, 11) is -3.94. The Morgan fingerprint density at radius 2 is 1.94 bits per heavy atom. The zero-order valence-corrected chi connectivity index (χ0v) is 18.1. The second-order valence-corrected chi connectivity index (χ2v) is 11.2. The number of para-hydroxylation sites is 1. The number of benzene rings is 1. The molecule has 2 bridgehead atoms. The number of hydrogen-bond acceptors (Lipinski definition) is 6. The zero-order chi connectivity index (χ0) is 21.6. The van der Waals surface area contributed by atoms with E-state index in [1.807, 2.05) is 12.1 Å². The van der Waals surface area contributed by atoms with Crippen LogP contribution in [0.3, 0.4) is 0 Å². The average Bonchev–Trinajstić information content (AvgIpc) is 3.05. The molecule has 3 saturated heterocycles. The lowest BCUT2D eigenvalue weighted by molar-refractivity contribution is 0.0525. The summed E-state index contributed by atoms with van der Waals surface area (Å²) < 4.78 is 28.0. The summed E-state index contributed by atoms with van der Waals surface area (Å²) in [4.78, 5) is 18.2. The Morgan fingerprint density at radius 1 is 1.19 bits per heavy atom. The second kappa shape index (κ2) is 7.72. The van der Waals surface area contributed by atoms with Crippen molar-refractivity contribution >= 4 is 26.8 Å². The summed E-state index contributed by atoms with van der Waals surface area (Å²) in [6, 6.07) is 8.32. The maximum absolute atomic E-state index is 14.0. The highest BCUT2D eigenvalue weighted by Gasteiger charge is 2.51. The van der Waals surface area contributed by atoms with E-state index in [9.17, 15) is 18.3 Å². The van der Waals surface area contributed by atoms with Crippen molar-refractivity contribution in [2.45, 2.75) is 66.5 Å². The molecule has 3 aliphatic heterocycles. The minimum Gasteiger partial charge on any atom is -0.393 e. The molecule has 2 amide bonds. The number of nitrogens with one attached hydrogen (secondary N) is 2. The van der Waals surface area contributed by atoms with Crippen molar-refractivity contribution in [3.05, 3.63) is 36.5 Å². The Morgan fingerprint density at radius 3 is 2.65 bits per heavy atom. The highest BCUT2D eigenvalue weighted by Crippen LogP contribution is 2.38. The van der Waals surface area contributed by atoms with Crippen LogP contribution in [0.15, 0.2) is 41.4 Å². The van der Waals surface area contributed by atoms with Gasteiger partial charge in [-0.2, -0.15) is 0 Å². The van der Waals surface area contributed by atoms with Crippen LogP contribution in [0.1, 0.15) is 38.5 Å². The molecule has 3 N–H and O–H groups in total. The number of hydrogen-bond donors (Lipinski definition) is 3. The third kappa shape index (κ3) is 3.39. The maximum Gasteiger partial charge on any atom is 0.319 e. The Hall–Kier alpha value is -2.23. The van der Waals surface area contributed by atoms with Crippen LogP contribution in [0.4, 0.5) is 4.79 Å². The molecule has 1 aromatic heterocycles. The number of urea groups is 1. The van der Waals surface area contributed by atoms with Crippen molar-refractivity contribution in [2.24, 2.45) is 0 Å². The van der Waals surface area contributed by atoms with Crippen LogP contribution >= 0.6 is 0 Å². The molecule has 3 aliphatic rings. The summed E-state index contributed by atoms with van der Waals surface area (Å²) in [5.41, 5.74) is 0.422. The largest absolute Gasteiger partial charge is 0.393 e. The Balaban J connectivity index is 1.52. The molecule has 5 rings (SSSR count). The lowest BCUT2D eigenvalue weighted by atomic mass is 10.0. The van der Waals surface area contributed by atoms with Gasteiger partial charge in [0.1, 0.15) is 0 Å². The fourth-order valence-electron chi connectivity index (χ4n) is 5.52. The van der Waals surface area contributed by atoms with E-state index >= 15 is 0 Å². The van der Waals surface area contributed by atoms with Crippen LogP contribution in [0.2, 0.25) is 0 Å². The third-order valence-electron chi connectivity index (χ3n) is 7.02. The van der Waals surface area contributed by atoms with E-state index in [0.29, 0.717) is 37.7 Å². The molecule has 3 atom stereocenters. The van der Waals surface area contributed by atoms with Gasteiger partial charge in [-0.3, -0.25) is 4.98 Å². The fourth-order valence-corrected chi connectivity index (χ4v) is 7.55. The first-order valence-electron chi connectivity index (χ1n) is 11.0. The van der Waals surface area contributed by atoms with Crippen LogP contribution in [-0.2, 0) is 9.84 Å². The fraction of sp³-hybridized carbons (Fsp3) is 0.545. The quantitative estimate of drug-likeness (QED) is 0.666. The number of aromatic nitrogens is 1. The van der Waals surface area contributed by atoms with E-state index in [1.165, 1.54) is 0 Å². The van der Waals surface area contributed by atoms with E-state index in [1.54, 1.807) is 29.3 Å². The normalized spacial score (nSPS) is 31.0. The monoisotopic (exact) mass is 444 g/mol. The highest BCUT2D eigenvalue weighted by molar-refractivity contribution is 7.93. The molecule has 9 heteroatoms. The van der Waals surface area contributed by atoms with Crippen LogP contribution in [-0.4, -0.2) is 65.6 Å². The van der Waals surface area contributed by atoms with Gasteiger partial charge in [0, 0.05) is 30.2 Å². The number of amides is 2. The molecule has 3 fully saturated rings. The molecule has 31 heavy (non-hydrogen) atoms. The summed E-state index contributed by atoms with van der Waals surface area (Å²) in [5.74, 6) is 0. The number of carbonyl (C=O) groups excluding carboxylic acids is 1. The minimum absolute atomic E-state index is 0.0377. The lowest BCUT2D eigenvalue weighted by Crippen LogP contribution is -2.65. The zero-order valence-electron chi connectivity index (χ0n) is 17.3. The number of fused-ring (bicyclic) bond motifs is 3. The molecule has 166 valence electrons. The summed E-state index contributed by atoms with van der Waals surface area (Å²) >= 11 is 0. The Kier molecular flexibility index (Phi) is 5.15. The number of rotatable bonds is 3. The molecule has 0 aliphatic carbocycles. The van der Waals surface area contributed by atoms with Crippen molar-refractivity contribution in [3.8, 4) is 0 Å². The van der Waals surface area contributed by atoms with E-state index in [0.717, 1.165) is 18.2 Å². The van der Waals surface area contributed by atoms with Crippen LogP contribution < -0.4 is 10.6 Å².